The molecule has 0 radical (unpaired) electrons. The Hall–Kier alpha value is -2.86. The van der Waals surface area contributed by atoms with Crippen LogP contribution >= 0.6 is 0 Å². The van der Waals surface area contributed by atoms with Gasteiger partial charge in [0.1, 0.15) is 6.54 Å². The zero-order valence-electron chi connectivity index (χ0n) is 14.3. The fourth-order valence-electron chi connectivity index (χ4n) is 3.32. The number of amides is 1. The normalized spacial score (nSPS) is 14.6. The lowest BCUT2D eigenvalue weighted by atomic mass is 10.1. The summed E-state index contributed by atoms with van der Waals surface area (Å²) in [7, 11) is -2.03. The summed E-state index contributed by atoms with van der Waals surface area (Å²) in [5.74, 6) is -0.248. The molecule has 0 aromatic heterocycles. The van der Waals surface area contributed by atoms with E-state index in [9.17, 15) is 13.2 Å². The van der Waals surface area contributed by atoms with Gasteiger partial charge in [-0.15, -0.1) is 0 Å². The van der Waals surface area contributed by atoms with Crippen molar-refractivity contribution in [3.63, 3.8) is 0 Å². The van der Waals surface area contributed by atoms with Crippen LogP contribution in [0.2, 0.25) is 0 Å². The number of benzene rings is 3. The molecule has 0 atom stereocenters. The summed E-state index contributed by atoms with van der Waals surface area (Å²) in [5.41, 5.74) is 1.57. The van der Waals surface area contributed by atoms with Gasteiger partial charge in [-0.1, -0.05) is 54.6 Å². The van der Waals surface area contributed by atoms with Crippen LogP contribution in [0.15, 0.2) is 71.6 Å². The van der Waals surface area contributed by atoms with Gasteiger partial charge in [0, 0.05) is 19.0 Å². The molecule has 0 saturated heterocycles. The van der Waals surface area contributed by atoms with Crippen molar-refractivity contribution in [2.24, 2.45) is 0 Å². The van der Waals surface area contributed by atoms with Crippen molar-refractivity contribution in [3.05, 3.63) is 72.3 Å². The first-order chi connectivity index (χ1) is 12.5. The third-order valence-corrected chi connectivity index (χ3v) is 6.45. The van der Waals surface area contributed by atoms with Crippen LogP contribution in [0.25, 0.3) is 10.8 Å². The van der Waals surface area contributed by atoms with Gasteiger partial charge >= 0.3 is 0 Å². The van der Waals surface area contributed by atoms with E-state index < -0.39 is 10.0 Å². The topological polar surface area (TPSA) is 57.7 Å². The molecule has 3 aromatic rings. The number of likely N-dealkylation sites (N-methyl/N-ethyl adjacent to an activating group) is 1. The van der Waals surface area contributed by atoms with Gasteiger partial charge in [0.2, 0.25) is 5.91 Å². The summed E-state index contributed by atoms with van der Waals surface area (Å²) in [5, 5.41) is 1.55. The summed E-state index contributed by atoms with van der Waals surface area (Å²) in [4.78, 5) is 14.5. The van der Waals surface area contributed by atoms with Crippen LogP contribution < -0.4 is 4.31 Å². The molecular weight excluding hydrogens is 348 g/mol. The largest absolute Gasteiger partial charge is 0.340 e. The Kier molecular flexibility index (Phi) is 3.92. The zero-order valence-corrected chi connectivity index (χ0v) is 15.1. The highest BCUT2D eigenvalue weighted by atomic mass is 32.2. The number of carbonyl (C=O) groups excluding carboxylic acids is 1. The smallest absolute Gasteiger partial charge is 0.265 e. The number of hydrogen-bond donors (Lipinski definition) is 0. The van der Waals surface area contributed by atoms with Crippen molar-refractivity contribution >= 4 is 32.4 Å². The first-order valence-corrected chi connectivity index (χ1v) is 9.75. The van der Waals surface area contributed by atoms with Gasteiger partial charge in [-0.2, -0.15) is 0 Å². The second kappa shape index (κ2) is 6.14. The highest BCUT2D eigenvalue weighted by Crippen LogP contribution is 2.41. The number of sulfonamides is 1. The molecule has 0 fully saturated rings. The maximum absolute atomic E-state index is 12.9. The Labute approximate surface area is 152 Å². The number of hydrogen-bond acceptors (Lipinski definition) is 3. The molecule has 0 spiro atoms. The number of anilines is 1. The first-order valence-electron chi connectivity index (χ1n) is 8.31. The number of rotatable bonds is 4. The van der Waals surface area contributed by atoms with Crippen LogP contribution in [0.4, 0.5) is 5.69 Å². The fourth-order valence-corrected chi connectivity index (χ4v) is 4.98. The van der Waals surface area contributed by atoms with Gasteiger partial charge in [0.25, 0.3) is 10.0 Å². The Morgan fingerprint density at radius 1 is 0.962 bits per heavy atom. The molecule has 1 aliphatic heterocycles. The summed E-state index contributed by atoms with van der Waals surface area (Å²) in [6.45, 7) is 0.226. The lowest BCUT2D eigenvalue weighted by Crippen LogP contribution is -2.39. The van der Waals surface area contributed by atoms with Crippen LogP contribution in [0, 0.1) is 0 Å². The number of carbonyl (C=O) groups is 1. The quantitative estimate of drug-likeness (QED) is 0.713. The van der Waals surface area contributed by atoms with Crippen molar-refractivity contribution in [2.75, 3.05) is 17.9 Å². The van der Waals surface area contributed by atoms with Crippen molar-refractivity contribution in [1.82, 2.24) is 4.90 Å². The molecule has 0 N–H and O–H groups in total. The van der Waals surface area contributed by atoms with E-state index in [1.165, 1.54) is 4.31 Å². The molecule has 0 aliphatic carbocycles. The van der Waals surface area contributed by atoms with Crippen molar-refractivity contribution < 1.29 is 13.2 Å². The first kappa shape index (κ1) is 16.6. The monoisotopic (exact) mass is 366 g/mol. The lowest BCUT2D eigenvalue weighted by Gasteiger charge is -2.23. The molecular formula is C20H18N2O3S. The lowest BCUT2D eigenvalue weighted by molar-refractivity contribution is -0.128. The molecule has 6 heteroatoms. The highest BCUT2D eigenvalue weighted by Gasteiger charge is 2.37. The minimum absolute atomic E-state index is 0.209. The highest BCUT2D eigenvalue weighted by molar-refractivity contribution is 7.93. The van der Waals surface area contributed by atoms with E-state index in [1.54, 1.807) is 30.1 Å². The average Bonchev–Trinajstić information content (AvgIpc) is 2.86. The minimum Gasteiger partial charge on any atom is -0.340 e. The van der Waals surface area contributed by atoms with E-state index in [1.807, 2.05) is 48.5 Å². The van der Waals surface area contributed by atoms with E-state index >= 15 is 0 Å². The Morgan fingerprint density at radius 3 is 2.38 bits per heavy atom. The maximum atomic E-state index is 12.9. The molecule has 5 nitrogen and oxygen atoms in total. The van der Waals surface area contributed by atoms with Crippen LogP contribution in [0.1, 0.15) is 5.56 Å². The van der Waals surface area contributed by atoms with Crippen LogP contribution in [-0.4, -0.2) is 32.8 Å². The Bertz CT molecular complexity index is 1090. The molecule has 1 amide bonds. The molecule has 1 heterocycles. The minimum atomic E-state index is -3.71. The van der Waals surface area contributed by atoms with Gasteiger partial charge in [0.05, 0.1) is 10.6 Å². The summed E-state index contributed by atoms with van der Waals surface area (Å²) in [6, 6.07) is 20.3. The predicted octanol–water partition coefficient (Wildman–Crippen LogP) is 3.01. The second-order valence-corrected chi connectivity index (χ2v) is 8.21. The molecule has 4 rings (SSSR count). The Morgan fingerprint density at radius 2 is 1.65 bits per heavy atom. The van der Waals surface area contributed by atoms with Crippen LogP contribution in [0.3, 0.4) is 0 Å². The second-order valence-electron chi connectivity index (χ2n) is 6.38. The molecule has 1 aliphatic rings. The average molecular weight is 366 g/mol. The molecule has 3 aromatic carbocycles. The van der Waals surface area contributed by atoms with Crippen molar-refractivity contribution in [3.8, 4) is 0 Å². The molecule has 0 unspecified atom stereocenters. The molecule has 0 saturated carbocycles. The van der Waals surface area contributed by atoms with Crippen molar-refractivity contribution in [1.29, 1.82) is 0 Å². The summed E-state index contributed by atoms with van der Waals surface area (Å²) < 4.78 is 27.1. The maximum Gasteiger partial charge on any atom is 0.265 e. The van der Waals surface area contributed by atoms with Crippen molar-refractivity contribution in [2.45, 2.75) is 11.4 Å². The Balaban J connectivity index is 1.63. The SMILES string of the molecule is CN(Cc1ccccc1)C(=O)CN1c2cccc3cccc(c23)S1(=O)=O. The van der Waals surface area contributed by atoms with Crippen LogP contribution in [0.5, 0.6) is 0 Å². The number of nitrogens with zero attached hydrogens (tertiary/aromatic N) is 2. The van der Waals surface area contributed by atoms with Gasteiger partial charge in [-0.25, -0.2) is 8.42 Å². The van der Waals surface area contributed by atoms with E-state index in [0.29, 0.717) is 17.6 Å². The van der Waals surface area contributed by atoms with Crippen LogP contribution in [-0.2, 0) is 21.4 Å². The summed E-state index contributed by atoms with van der Waals surface area (Å²) >= 11 is 0. The fraction of sp³-hybridized carbons (Fsp3) is 0.150. The third-order valence-electron chi connectivity index (χ3n) is 4.65. The zero-order chi connectivity index (χ0) is 18.3. The van der Waals surface area contributed by atoms with Gasteiger partial charge in [-0.3, -0.25) is 9.10 Å². The third kappa shape index (κ3) is 2.63. The van der Waals surface area contributed by atoms with Gasteiger partial charge in [0.15, 0.2) is 0 Å². The standard InChI is InChI=1S/C20H18N2O3S/c1-21(13-15-7-3-2-4-8-15)19(23)14-22-17-11-5-9-16-10-6-12-18(20(16)17)26(22,24)25/h2-12H,13-14H2,1H3. The summed E-state index contributed by atoms with van der Waals surface area (Å²) in [6.07, 6.45) is 0. The van der Waals surface area contributed by atoms with Gasteiger partial charge < -0.3 is 4.90 Å². The predicted molar refractivity (Wildman–Crippen MR) is 101 cm³/mol. The molecule has 0 bridgehead atoms. The van der Waals surface area contributed by atoms with E-state index in [2.05, 4.69) is 0 Å². The van der Waals surface area contributed by atoms with Gasteiger partial charge in [-0.05, 0) is 23.1 Å². The van der Waals surface area contributed by atoms with E-state index in [0.717, 1.165) is 10.9 Å². The molecule has 26 heavy (non-hydrogen) atoms. The van der Waals surface area contributed by atoms with E-state index in [4.69, 9.17) is 0 Å². The molecule has 132 valence electrons. The van der Waals surface area contributed by atoms with E-state index in [-0.39, 0.29) is 17.3 Å².